The van der Waals surface area contributed by atoms with Gasteiger partial charge in [0.05, 0.1) is 19.9 Å². The standard InChI is InChI=1S/C31H33FN2O4/c1-37-26-11-12-28(29(17-26)38-2)33-30(36)31(34(20-35)19-24-9-5-6-10-27(24)32)14-13-23-15-21-7-3-4-8-22(21)16-25(23)18-31/h3-12,17,20,23,25H,13-16,18-19H2,1-2H3,(H,33,36)/t23-,25+,31-/m0/s1. The number of rotatable bonds is 8. The first-order valence-corrected chi connectivity index (χ1v) is 13.0. The SMILES string of the molecule is COc1ccc(NC(=O)[C@]2(N(C=O)Cc3ccccc3F)CC[C@H]3Cc4ccccc4C[C@@H]3C2)c(OC)c1. The van der Waals surface area contributed by atoms with E-state index in [9.17, 15) is 14.0 Å². The van der Waals surface area contributed by atoms with Crippen LogP contribution in [0.5, 0.6) is 11.5 Å². The predicted molar refractivity (Wildman–Crippen MR) is 144 cm³/mol. The van der Waals surface area contributed by atoms with E-state index in [1.54, 1.807) is 43.5 Å². The molecule has 1 saturated carbocycles. The molecule has 0 spiro atoms. The summed E-state index contributed by atoms with van der Waals surface area (Å²) in [7, 11) is 3.09. The van der Waals surface area contributed by atoms with Crippen molar-refractivity contribution in [1.82, 2.24) is 4.90 Å². The Labute approximate surface area is 222 Å². The fourth-order valence-electron chi connectivity index (χ4n) is 6.23. The third kappa shape index (κ3) is 4.85. The molecule has 6 nitrogen and oxygen atoms in total. The van der Waals surface area contributed by atoms with Crippen molar-refractivity contribution in [2.24, 2.45) is 11.8 Å². The third-order valence-corrected chi connectivity index (χ3v) is 8.33. The Bertz CT molecular complexity index is 1330. The van der Waals surface area contributed by atoms with E-state index < -0.39 is 11.4 Å². The predicted octanol–water partition coefficient (Wildman–Crippen LogP) is 5.39. The zero-order valence-corrected chi connectivity index (χ0v) is 21.8. The van der Waals surface area contributed by atoms with Gasteiger partial charge in [-0.15, -0.1) is 0 Å². The van der Waals surface area contributed by atoms with E-state index in [1.807, 2.05) is 6.07 Å². The van der Waals surface area contributed by atoms with Gasteiger partial charge in [-0.25, -0.2) is 4.39 Å². The van der Waals surface area contributed by atoms with E-state index in [0.717, 1.165) is 19.3 Å². The van der Waals surface area contributed by atoms with Gasteiger partial charge >= 0.3 is 0 Å². The molecule has 0 aromatic heterocycles. The van der Waals surface area contributed by atoms with Gasteiger partial charge in [0, 0.05) is 18.2 Å². The van der Waals surface area contributed by atoms with Crippen LogP contribution in [0.15, 0.2) is 66.7 Å². The number of nitrogens with zero attached hydrogens (tertiary/aromatic N) is 1. The maximum atomic E-state index is 14.7. The number of carbonyl (C=O) groups is 2. The molecule has 0 bridgehead atoms. The Kier molecular flexibility index (Phi) is 7.36. The second-order valence-corrected chi connectivity index (χ2v) is 10.3. The molecular weight excluding hydrogens is 483 g/mol. The number of ether oxygens (including phenoxy) is 2. The lowest BCUT2D eigenvalue weighted by molar-refractivity contribution is -0.143. The van der Waals surface area contributed by atoms with Crippen molar-refractivity contribution < 1.29 is 23.5 Å². The van der Waals surface area contributed by atoms with Gasteiger partial charge < -0.3 is 19.7 Å². The number of fused-ring (bicyclic) bond motifs is 2. The normalized spacial score (nSPS) is 22.0. The second-order valence-electron chi connectivity index (χ2n) is 10.3. The maximum Gasteiger partial charge on any atom is 0.250 e. The highest BCUT2D eigenvalue weighted by molar-refractivity contribution is 6.00. The van der Waals surface area contributed by atoms with Crippen LogP contribution in [0.2, 0.25) is 0 Å². The summed E-state index contributed by atoms with van der Waals surface area (Å²) in [5.74, 6) is 1.03. The lowest BCUT2D eigenvalue weighted by atomic mass is 9.62. The number of amides is 2. The van der Waals surface area contributed by atoms with E-state index in [1.165, 1.54) is 29.2 Å². The summed E-state index contributed by atoms with van der Waals surface area (Å²) in [6, 6.07) is 20.0. The van der Waals surface area contributed by atoms with Crippen molar-refractivity contribution in [1.29, 1.82) is 0 Å². The van der Waals surface area contributed by atoms with E-state index in [-0.39, 0.29) is 18.4 Å². The molecule has 0 radical (unpaired) electrons. The van der Waals surface area contributed by atoms with Crippen molar-refractivity contribution in [3.63, 3.8) is 0 Å². The number of halogens is 1. The van der Waals surface area contributed by atoms with E-state index in [0.29, 0.717) is 47.9 Å². The second kappa shape index (κ2) is 10.9. The molecule has 1 fully saturated rings. The molecule has 38 heavy (non-hydrogen) atoms. The summed E-state index contributed by atoms with van der Waals surface area (Å²) in [4.78, 5) is 28.4. The molecule has 0 unspecified atom stereocenters. The van der Waals surface area contributed by atoms with Crippen LogP contribution in [0.1, 0.15) is 36.0 Å². The Morgan fingerprint density at radius 3 is 2.42 bits per heavy atom. The zero-order valence-electron chi connectivity index (χ0n) is 21.8. The Morgan fingerprint density at radius 2 is 1.74 bits per heavy atom. The van der Waals surface area contributed by atoms with Gasteiger partial charge in [-0.1, -0.05) is 42.5 Å². The lowest BCUT2D eigenvalue weighted by Gasteiger charge is -2.50. The van der Waals surface area contributed by atoms with Crippen LogP contribution in [0, 0.1) is 17.7 Å². The zero-order chi connectivity index (χ0) is 26.7. The van der Waals surface area contributed by atoms with Gasteiger partial charge in [-0.2, -0.15) is 0 Å². The lowest BCUT2D eigenvalue weighted by Crippen LogP contribution is -2.60. The summed E-state index contributed by atoms with van der Waals surface area (Å²) in [6.45, 7) is 0.0112. The van der Waals surface area contributed by atoms with Crippen LogP contribution < -0.4 is 14.8 Å². The van der Waals surface area contributed by atoms with E-state index >= 15 is 0 Å². The smallest absolute Gasteiger partial charge is 0.250 e. The van der Waals surface area contributed by atoms with Crippen LogP contribution in [0.25, 0.3) is 0 Å². The fourth-order valence-corrected chi connectivity index (χ4v) is 6.23. The first kappa shape index (κ1) is 25.8. The highest BCUT2D eigenvalue weighted by Crippen LogP contribution is 2.47. The molecule has 2 aliphatic rings. The summed E-state index contributed by atoms with van der Waals surface area (Å²) >= 11 is 0. The molecule has 2 aliphatic carbocycles. The van der Waals surface area contributed by atoms with Gasteiger partial charge in [0.15, 0.2) is 0 Å². The Balaban J connectivity index is 1.50. The minimum absolute atomic E-state index is 0.0112. The van der Waals surface area contributed by atoms with Gasteiger partial charge in [-0.05, 0) is 73.3 Å². The summed E-state index contributed by atoms with van der Waals surface area (Å²) in [6.07, 6.45) is 4.33. The van der Waals surface area contributed by atoms with Crippen molar-refractivity contribution in [2.75, 3.05) is 19.5 Å². The number of hydrogen-bond donors (Lipinski definition) is 1. The first-order valence-electron chi connectivity index (χ1n) is 13.0. The van der Waals surface area contributed by atoms with Crippen molar-refractivity contribution in [3.05, 3.63) is 89.2 Å². The Hall–Kier alpha value is -3.87. The summed E-state index contributed by atoms with van der Waals surface area (Å²) in [5, 5.41) is 3.04. The van der Waals surface area contributed by atoms with Gasteiger partial charge in [0.25, 0.3) is 0 Å². The third-order valence-electron chi connectivity index (χ3n) is 8.33. The largest absolute Gasteiger partial charge is 0.497 e. The molecule has 198 valence electrons. The highest BCUT2D eigenvalue weighted by atomic mass is 19.1. The number of carbonyl (C=O) groups excluding carboxylic acids is 2. The van der Waals surface area contributed by atoms with Gasteiger partial charge in [-0.3, -0.25) is 9.59 Å². The van der Waals surface area contributed by atoms with Crippen LogP contribution in [-0.2, 0) is 29.0 Å². The van der Waals surface area contributed by atoms with E-state index in [4.69, 9.17) is 9.47 Å². The van der Waals surface area contributed by atoms with Gasteiger partial charge in [0.2, 0.25) is 12.3 Å². The summed E-state index contributed by atoms with van der Waals surface area (Å²) in [5.41, 5.74) is 2.40. The first-order chi connectivity index (χ1) is 18.5. The van der Waals surface area contributed by atoms with Crippen LogP contribution in [0.3, 0.4) is 0 Å². The van der Waals surface area contributed by atoms with Crippen LogP contribution in [0.4, 0.5) is 10.1 Å². The van der Waals surface area contributed by atoms with Crippen LogP contribution in [-0.4, -0.2) is 37.0 Å². The number of hydrogen-bond acceptors (Lipinski definition) is 4. The molecule has 0 heterocycles. The number of methoxy groups -OCH3 is 2. The molecule has 7 heteroatoms. The molecule has 5 rings (SSSR count). The molecule has 3 atom stereocenters. The Morgan fingerprint density at radius 1 is 1.03 bits per heavy atom. The average Bonchev–Trinajstić information content (AvgIpc) is 2.95. The number of benzene rings is 3. The van der Waals surface area contributed by atoms with Crippen LogP contribution >= 0.6 is 0 Å². The number of anilines is 1. The minimum atomic E-state index is -1.14. The molecule has 2 amide bonds. The monoisotopic (exact) mass is 516 g/mol. The number of nitrogens with one attached hydrogen (secondary N) is 1. The van der Waals surface area contributed by atoms with Crippen molar-refractivity contribution in [2.45, 2.75) is 44.2 Å². The average molecular weight is 517 g/mol. The van der Waals surface area contributed by atoms with E-state index in [2.05, 4.69) is 23.5 Å². The molecule has 0 aliphatic heterocycles. The molecule has 1 N–H and O–H groups in total. The quantitative estimate of drug-likeness (QED) is 0.408. The molecular formula is C31H33FN2O4. The molecule has 0 saturated heterocycles. The minimum Gasteiger partial charge on any atom is -0.497 e. The van der Waals surface area contributed by atoms with Gasteiger partial charge in [0.1, 0.15) is 22.9 Å². The van der Waals surface area contributed by atoms with Crippen molar-refractivity contribution >= 4 is 18.0 Å². The molecule has 3 aromatic carbocycles. The molecule has 3 aromatic rings. The maximum absolute atomic E-state index is 14.7. The summed E-state index contributed by atoms with van der Waals surface area (Å²) < 4.78 is 25.5. The highest BCUT2D eigenvalue weighted by Gasteiger charge is 2.51. The topological polar surface area (TPSA) is 67.9 Å². The van der Waals surface area contributed by atoms with Crippen molar-refractivity contribution in [3.8, 4) is 11.5 Å². The fraction of sp³-hybridized carbons (Fsp3) is 0.355.